The number of aryl methyl sites for hydroxylation is 2. The van der Waals surface area contributed by atoms with Crippen LogP contribution in [-0.4, -0.2) is 12.1 Å². The zero-order valence-corrected chi connectivity index (χ0v) is 13.1. The summed E-state index contributed by atoms with van der Waals surface area (Å²) < 4.78 is 5.38. The van der Waals surface area contributed by atoms with Crippen LogP contribution in [0.3, 0.4) is 0 Å². The van der Waals surface area contributed by atoms with Crippen LogP contribution in [0.4, 0.5) is 5.82 Å². The molecule has 1 heterocycles. The highest BCUT2D eigenvalue weighted by Crippen LogP contribution is 2.42. The molecule has 3 heteroatoms. The molecule has 1 aromatic carbocycles. The Balaban J connectivity index is 1.53. The number of rotatable bonds is 5. The summed E-state index contributed by atoms with van der Waals surface area (Å²) in [7, 11) is 1.73. The van der Waals surface area contributed by atoms with Crippen molar-refractivity contribution in [1.82, 2.24) is 4.98 Å². The number of hydrogen-bond acceptors (Lipinski definition) is 3. The van der Waals surface area contributed by atoms with Gasteiger partial charge in [-0.05, 0) is 78.5 Å². The fraction of sp³-hybridized carbons (Fsp3) is 0.421. The first kappa shape index (κ1) is 13.6. The number of nitrogens with one attached hydrogen (secondary N) is 1. The van der Waals surface area contributed by atoms with Gasteiger partial charge in [-0.1, -0.05) is 6.07 Å². The summed E-state index contributed by atoms with van der Waals surface area (Å²) in [4.78, 5) is 4.56. The number of hydrogen-bond donors (Lipinski definition) is 1. The van der Waals surface area contributed by atoms with Gasteiger partial charge in [-0.3, -0.25) is 0 Å². The predicted octanol–water partition coefficient (Wildman–Crippen LogP) is 4.07. The SMILES string of the molecule is COc1ccc(C2CC2)c(CNc2cc3c(cn2)CCC3)c1. The molecule has 0 atom stereocenters. The van der Waals surface area contributed by atoms with E-state index >= 15 is 0 Å². The van der Waals surface area contributed by atoms with E-state index in [0.717, 1.165) is 24.0 Å². The Morgan fingerprint density at radius 2 is 2.05 bits per heavy atom. The van der Waals surface area contributed by atoms with Crippen molar-refractivity contribution in [3.05, 3.63) is 52.7 Å². The second-order valence-corrected chi connectivity index (χ2v) is 6.38. The molecule has 0 saturated heterocycles. The van der Waals surface area contributed by atoms with Crippen LogP contribution in [0.25, 0.3) is 0 Å². The minimum absolute atomic E-state index is 0.746. The van der Waals surface area contributed by atoms with Crippen molar-refractivity contribution in [2.75, 3.05) is 12.4 Å². The molecule has 0 bridgehead atoms. The van der Waals surface area contributed by atoms with Crippen LogP contribution in [0.15, 0.2) is 30.5 Å². The molecule has 0 spiro atoms. The molecule has 2 aliphatic carbocycles. The Hall–Kier alpha value is -2.03. The van der Waals surface area contributed by atoms with Gasteiger partial charge in [-0.25, -0.2) is 4.98 Å². The van der Waals surface area contributed by atoms with Gasteiger partial charge in [0.15, 0.2) is 0 Å². The van der Waals surface area contributed by atoms with Crippen LogP contribution in [0.5, 0.6) is 5.75 Å². The standard InChI is InChI=1S/C19H22N2O/c1-22-17-7-8-18(13-5-6-13)16(9-17)12-21-19-10-14-3-2-4-15(14)11-20-19/h7-11,13H,2-6,12H2,1H3,(H,20,21). The summed E-state index contributed by atoms with van der Waals surface area (Å²) in [6.45, 7) is 0.814. The Morgan fingerprint density at radius 1 is 1.18 bits per heavy atom. The third kappa shape index (κ3) is 2.68. The molecule has 114 valence electrons. The summed E-state index contributed by atoms with van der Waals surface area (Å²) >= 11 is 0. The first-order chi connectivity index (χ1) is 10.8. The minimum atomic E-state index is 0.746. The molecule has 2 aromatic rings. The summed E-state index contributed by atoms with van der Waals surface area (Å²) in [5.41, 5.74) is 5.69. The third-order valence-corrected chi connectivity index (χ3v) is 4.80. The Morgan fingerprint density at radius 3 is 2.86 bits per heavy atom. The lowest BCUT2D eigenvalue weighted by molar-refractivity contribution is 0.414. The molecule has 0 aliphatic heterocycles. The van der Waals surface area contributed by atoms with Crippen LogP contribution in [0.2, 0.25) is 0 Å². The molecule has 0 unspecified atom stereocenters. The summed E-state index contributed by atoms with van der Waals surface area (Å²) in [5, 5.41) is 3.50. The van der Waals surface area contributed by atoms with Crippen LogP contribution < -0.4 is 10.1 Å². The predicted molar refractivity (Wildman–Crippen MR) is 88.6 cm³/mol. The van der Waals surface area contributed by atoms with Crippen LogP contribution in [0, 0.1) is 0 Å². The number of fused-ring (bicyclic) bond motifs is 1. The lowest BCUT2D eigenvalue weighted by atomic mass is 10.0. The zero-order chi connectivity index (χ0) is 14.9. The highest BCUT2D eigenvalue weighted by atomic mass is 16.5. The van der Waals surface area contributed by atoms with E-state index in [1.54, 1.807) is 7.11 Å². The topological polar surface area (TPSA) is 34.1 Å². The number of benzene rings is 1. The molecule has 1 saturated carbocycles. The minimum Gasteiger partial charge on any atom is -0.497 e. The maximum Gasteiger partial charge on any atom is 0.126 e. The van der Waals surface area contributed by atoms with Crippen molar-refractivity contribution in [2.24, 2.45) is 0 Å². The first-order valence-corrected chi connectivity index (χ1v) is 8.22. The van der Waals surface area contributed by atoms with E-state index in [1.807, 2.05) is 6.20 Å². The van der Waals surface area contributed by atoms with Gasteiger partial charge in [0.2, 0.25) is 0 Å². The number of nitrogens with zero attached hydrogens (tertiary/aromatic N) is 1. The van der Waals surface area contributed by atoms with Crippen molar-refractivity contribution in [3.8, 4) is 5.75 Å². The highest BCUT2D eigenvalue weighted by molar-refractivity contribution is 5.46. The smallest absolute Gasteiger partial charge is 0.126 e. The van der Waals surface area contributed by atoms with E-state index in [1.165, 1.54) is 54.4 Å². The van der Waals surface area contributed by atoms with Crippen molar-refractivity contribution in [3.63, 3.8) is 0 Å². The van der Waals surface area contributed by atoms with Gasteiger partial charge >= 0.3 is 0 Å². The Labute approximate surface area is 131 Å². The molecular weight excluding hydrogens is 272 g/mol. The quantitative estimate of drug-likeness (QED) is 0.902. The number of methoxy groups -OCH3 is 1. The van der Waals surface area contributed by atoms with E-state index < -0.39 is 0 Å². The summed E-state index contributed by atoms with van der Waals surface area (Å²) in [5.74, 6) is 2.67. The van der Waals surface area contributed by atoms with E-state index in [0.29, 0.717) is 0 Å². The highest BCUT2D eigenvalue weighted by Gasteiger charge is 2.26. The maximum absolute atomic E-state index is 5.38. The maximum atomic E-state index is 5.38. The summed E-state index contributed by atoms with van der Waals surface area (Å²) in [6, 6.07) is 8.68. The van der Waals surface area contributed by atoms with E-state index in [9.17, 15) is 0 Å². The fourth-order valence-electron chi connectivity index (χ4n) is 3.39. The van der Waals surface area contributed by atoms with E-state index in [4.69, 9.17) is 4.74 Å². The van der Waals surface area contributed by atoms with E-state index in [-0.39, 0.29) is 0 Å². The largest absolute Gasteiger partial charge is 0.497 e. The second kappa shape index (κ2) is 5.64. The van der Waals surface area contributed by atoms with Gasteiger partial charge in [0.1, 0.15) is 11.6 Å². The van der Waals surface area contributed by atoms with Crippen molar-refractivity contribution in [1.29, 1.82) is 0 Å². The van der Waals surface area contributed by atoms with Gasteiger partial charge in [0, 0.05) is 12.7 Å². The van der Waals surface area contributed by atoms with Crippen LogP contribution >= 0.6 is 0 Å². The third-order valence-electron chi connectivity index (χ3n) is 4.80. The molecular formula is C19H22N2O. The number of ether oxygens (including phenoxy) is 1. The number of pyridine rings is 1. The first-order valence-electron chi connectivity index (χ1n) is 8.22. The van der Waals surface area contributed by atoms with Gasteiger partial charge in [-0.2, -0.15) is 0 Å². The van der Waals surface area contributed by atoms with Gasteiger partial charge < -0.3 is 10.1 Å². The lowest BCUT2D eigenvalue weighted by Gasteiger charge is -2.13. The molecule has 0 radical (unpaired) electrons. The normalized spacial score (nSPS) is 16.4. The zero-order valence-electron chi connectivity index (χ0n) is 13.1. The summed E-state index contributed by atoms with van der Waals surface area (Å²) in [6.07, 6.45) is 8.32. The molecule has 0 amide bonds. The van der Waals surface area contributed by atoms with Crippen molar-refractivity contribution >= 4 is 5.82 Å². The molecule has 4 rings (SSSR count). The molecule has 3 nitrogen and oxygen atoms in total. The van der Waals surface area contributed by atoms with Gasteiger partial charge in [-0.15, -0.1) is 0 Å². The molecule has 2 aliphatic rings. The lowest BCUT2D eigenvalue weighted by Crippen LogP contribution is -2.05. The Kier molecular flexibility index (Phi) is 3.49. The molecule has 1 aromatic heterocycles. The fourth-order valence-corrected chi connectivity index (χ4v) is 3.39. The van der Waals surface area contributed by atoms with Crippen molar-refractivity contribution < 1.29 is 4.74 Å². The average Bonchev–Trinajstić information content (AvgIpc) is 3.29. The molecule has 1 N–H and O–H groups in total. The van der Waals surface area contributed by atoms with Crippen LogP contribution in [-0.2, 0) is 19.4 Å². The van der Waals surface area contributed by atoms with Crippen molar-refractivity contribution in [2.45, 2.75) is 44.6 Å². The van der Waals surface area contributed by atoms with Gasteiger partial charge in [0.05, 0.1) is 7.11 Å². The monoisotopic (exact) mass is 294 g/mol. The number of aromatic nitrogens is 1. The van der Waals surface area contributed by atoms with Crippen LogP contribution in [0.1, 0.15) is 47.4 Å². The average molecular weight is 294 g/mol. The second-order valence-electron chi connectivity index (χ2n) is 6.38. The van der Waals surface area contributed by atoms with E-state index in [2.05, 4.69) is 34.6 Å². The van der Waals surface area contributed by atoms with Gasteiger partial charge in [0.25, 0.3) is 0 Å². The molecule has 22 heavy (non-hydrogen) atoms. The number of anilines is 1. The Bertz CT molecular complexity index is 692. The molecule has 1 fully saturated rings.